The number of rotatable bonds is 4. The van der Waals surface area contributed by atoms with Crippen molar-refractivity contribution >= 4 is 5.78 Å². The quantitative estimate of drug-likeness (QED) is 0.751. The predicted molar refractivity (Wildman–Crippen MR) is 65.5 cm³/mol. The molecule has 0 amide bonds. The van der Waals surface area contributed by atoms with Crippen molar-refractivity contribution < 1.29 is 14.3 Å². The molecule has 1 aliphatic rings. The van der Waals surface area contributed by atoms with Crippen LogP contribution in [0.5, 0.6) is 5.75 Å². The van der Waals surface area contributed by atoms with Gasteiger partial charge in [0.1, 0.15) is 5.75 Å². The van der Waals surface area contributed by atoms with Gasteiger partial charge in [0.2, 0.25) is 0 Å². The van der Waals surface area contributed by atoms with Crippen LogP contribution in [-0.4, -0.2) is 25.1 Å². The first-order chi connectivity index (χ1) is 8.22. The van der Waals surface area contributed by atoms with Gasteiger partial charge in [-0.2, -0.15) is 0 Å². The first-order valence-corrected chi connectivity index (χ1v) is 6.11. The Morgan fingerprint density at radius 2 is 2.12 bits per heavy atom. The van der Waals surface area contributed by atoms with Gasteiger partial charge in [0.05, 0.1) is 18.6 Å². The zero-order chi connectivity index (χ0) is 12.3. The maximum Gasteiger partial charge on any atom is 0.168 e. The van der Waals surface area contributed by atoms with E-state index in [4.69, 9.17) is 9.47 Å². The zero-order valence-electron chi connectivity index (χ0n) is 10.3. The van der Waals surface area contributed by atoms with Crippen LogP contribution < -0.4 is 4.74 Å². The third kappa shape index (κ3) is 2.67. The van der Waals surface area contributed by atoms with Crippen LogP contribution in [0.4, 0.5) is 0 Å². The topological polar surface area (TPSA) is 35.5 Å². The zero-order valence-corrected chi connectivity index (χ0v) is 10.3. The van der Waals surface area contributed by atoms with Crippen molar-refractivity contribution in [2.45, 2.75) is 26.4 Å². The largest absolute Gasteiger partial charge is 0.494 e. The standard InChI is InChI=1S/C14H18O3/c1-3-16-12-6-4-11(5-7-12)14(15)13-8-9-17-10(13)2/h4-7,10,13H,3,8-9H2,1-2H3. The Bertz CT molecular complexity index is 383. The fourth-order valence-corrected chi connectivity index (χ4v) is 2.17. The van der Waals surface area contributed by atoms with Crippen molar-refractivity contribution in [3.05, 3.63) is 29.8 Å². The number of carbonyl (C=O) groups excluding carboxylic acids is 1. The highest BCUT2D eigenvalue weighted by molar-refractivity contribution is 5.98. The number of hydrogen-bond donors (Lipinski definition) is 0. The van der Waals surface area contributed by atoms with Crippen molar-refractivity contribution in [2.75, 3.05) is 13.2 Å². The van der Waals surface area contributed by atoms with Gasteiger partial charge in [0.25, 0.3) is 0 Å². The van der Waals surface area contributed by atoms with Gasteiger partial charge < -0.3 is 9.47 Å². The second-order valence-electron chi connectivity index (χ2n) is 4.29. The Hall–Kier alpha value is -1.35. The van der Waals surface area contributed by atoms with Crippen molar-refractivity contribution in [3.8, 4) is 5.75 Å². The van der Waals surface area contributed by atoms with Gasteiger partial charge >= 0.3 is 0 Å². The molecule has 1 fully saturated rings. The lowest BCUT2D eigenvalue weighted by Crippen LogP contribution is -2.21. The molecule has 0 spiro atoms. The SMILES string of the molecule is CCOc1ccc(C(=O)C2CCOC2C)cc1. The van der Waals surface area contributed by atoms with Crippen LogP contribution in [0.15, 0.2) is 24.3 Å². The van der Waals surface area contributed by atoms with E-state index in [0.717, 1.165) is 17.7 Å². The van der Waals surface area contributed by atoms with Gasteiger partial charge in [-0.3, -0.25) is 4.79 Å². The Morgan fingerprint density at radius 1 is 1.41 bits per heavy atom. The first-order valence-electron chi connectivity index (χ1n) is 6.11. The van der Waals surface area contributed by atoms with Crippen molar-refractivity contribution in [2.24, 2.45) is 5.92 Å². The van der Waals surface area contributed by atoms with E-state index >= 15 is 0 Å². The first kappa shape index (κ1) is 12.1. The molecule has 0 aromatic heterocycles. The summed E-state index contributed by atoms with van der Waals surface area (Å²) in [5, 5.41) is 0. The summed E-state index contributed by atoms with van der Waals surface area (Å²) >= 11 is 0. The molecule has 0 N–H and O–H groups in total. The number of carbonyl (C=O) groups is 1. The molecule has 0 bridgehead atoms. The van der Waals surface area contributed by atoms with Crippen LogP contribution in [0, 0.1) is 5.92 Å². The molecule has 1 aromatic carbocycles. The predicted octanol–water partition coefficient (Wildman–Crippen LogP) is 2.69. The third-order valence-corrected chi connectivity index (χ3v) is 3.16. The van der Waals surface area contributed by atoms with Crippen LogP contribution in [0.25, 0.3) is 0 Å². The number of hydrogen-bond acceptors (Lipinski definition) is 3. The van der Waals surface area contributed by atoms with Crippen LogP contribution >= 0.6 is 0 Å². The Balaban J connectivity index is 2.08. The monoisotopic (exact) mass is 234 g/mol. The lowest BCUT2D eigenvalue weighted by atomic mass is 9.92. The van der Waals surface area contributed by atoms with E-state index in [1.807, 2.05) is 38.1 Å². The molecule has 2 atom stereocenters. The second kappa shape index (κ2) is 5.32. The molecule has 17 heavy (non-hydrogen) atoms. The Morgan fingerprint density at radius 3 is 2.65 bits per heavy atom. The van der Waals surface area contributed by atoms with Gasteiger partial charge in [0, 0.05) is 12.2 Å². The van der Waals surface area contributed by atoms with Gasteiger partial charge in [-0.05, 0) is 44.5 Å². The van der Waals surface area contributed by atoms with Gasteiger partial charge in [-0.15, -0.1) is 0 Å². The molecule has 2 rings (SSSR count). The minimum absolute atomic E-state index is 0.00736. The van der Waals surface area contributed by atoms with Gasteiger partial charge in [-0.25, -0.2) is 0 Å². The summed E-state index contributed by atoms with van der Waals surface area (Å²) in [7, 11) is 0. The number of ketones is 1. The molecular formula is C14H18O3. The highest BCUT2D eigenvalue weighted by Gasteiger charge is 2.31. The molecule has 0 aliphatic carbocycles. The van der Waals surface area contributed by atoms with E-state index in [-0.39, 0.29) is 17.8 Å². The van der Waals surface area contributed by atoms with Gasteiger partial charge in [-0.1, -0.05) is 0 Å². The molecular weight excluding hydrogens is 216 g/mol. The average Bonchev–Trinajstić information content (AvgIpc) is 2.76. The molecule has 1 aliphatic heterocycles. The van der Waals surface area contributed by atoms with E-state index in [1.54, 1.807) is 0 Å². The van der Waals surface area contributed by atoms with Gasteiger partial charge in [0.15, 0.2) is 5.78 Å². The third-order valence-electron chi connectivity index (χ3n) is 3.16. The maximum absolute atomic E-state index is 12.2. The highest BCUT2D eigenvalue weighted by Crippen LogP contribution is 2.25. The minimum Gasteiger partial charge on any atom is -0.494 e. The Kier molecular flexibility index (Phi) is 3.79. The smallest absolute Gasteiger partial charge is 0.168 e. The summed E-state index contributed by atoms with van der Waals surface area (Å²) in [6, 6.07) is 7.35. The van der Waals surface area contributed by atoms with Crippen LogP contribution in [-0.2, 0) is 4.74 Å². The molecule has 1 heterocycles. The van der Waals surface area contributed by atoms with Crippen molar-refractivity contribution in [3.63, 3.8) is 0 Å². The van der Waals surface area contributed by atoms with Crippen LogP contribution in [0.3, 0.4) is 0 Å². The van der Waals surface area contributed by atoms with E-state index in [0.29, 0.717) is 13.2 Å². The lowest BCUT2D eigenvalue weighted by Gasteiger charge is -2.13. The number of ether oxygens (including phenoxy) is 2. The maximum atomic E-state index is 12.2. The molecule has 92 valence electrons. The van der Waals surface area contributed by atoms with Crippen molar-refractivity contribution in [1.29, 1.82) is 0 Å². The second-order valence-corrected chi connectivity index (χ2v) is 4.29. The Labute approximate surface area is 102 Å². The molecule has 3 nitrogen and oxygen atoms in total. The minimum atomic E-state index is 0.00736. The summed E-state index contributed by atoms with van der Waals surface area (Å²) in [4.78, 5) is 12.2. The summed E-state index contributed by atoms with van der Waals surface area (Å²) in [5.41, 5.74) is 0.746. The molecule has 1 saturated heterocycles. The summed E-state index contributed by atoms with van der Waals surface area (Å²) < 4.78 is 10.8. The molecule has 2 unspecified atom stereocenters. The van der Waals surface area contributed by atoms with Crippen molar-refractivity contribution in [1.82, 2.24) is 0 Å². The van der Waals surface area contributed by atoms with Crippen LogP contribution in [0.2, 0.25) is 0 Å². The van der Waals surface area contributed by atoms with Crippen LogP contribution in [0.1, 0.15) is 30.6 Å². The molecule has 0 saturated carbocycles. The average molecular weight is 234 g/mol. The summed E-state index contributed by atoms with van der Waals surface area (Å²) in [6.07, 6.45) is 0.863. The van der Waals surface area contributed by atoms with E-state index in [1.165, 1.54) is 0 Å². The molecule has 1 aromatic rings. The fraction of sp³-hybridized carbons (Fsp3) is 0.500. The molecule has 3 heteroatoms. The summed E-state index contributed by atoms with van der Waals surface area (Å²) in [5.74, 6) is 0.991. The number of Topliss-reactive ketones (excluding diaryl/α,β-unsaturated/α-hetero) is 1. The normalized spacial score (nSPS) is 23.6. The van der Waals surface area contributed by atoms with E-state index in [9.17, 15) is 4.79 Å². The molecule has 0 radical (unpaired) electrons. The highest BCUT2D eigenvalue weighted by atomic mass is 16.5. The fourth-order valence-electron chi connectivity index (χ4n) is 2.17. The lowest BCUT2D eigenvalue weighted by molar-refractivity contribution is 0.0764. The number of benzene rings is 1. The van der Waals surface area contributed by atoms with E-state index < -0.39 is 0 Å². The van der Waals surface area contributed by atoms with E-state index in [2.05, 4.69) is 0 Å². The summed E-state index contributed by atoms with van der Waals surface area (Å²) in [6.45, 7) is 5.23.